The van der Waals surface area contributed by atoms with Crippen molar-refractivity contribution in [2.45, 2.75) is 32.3 Å². The van der Waals surface area contributed by atoms with Gasteiger partial charge >= 0.3 is 0 Å². The molecule has 2 aliphatic rings. The highest BCUT2D eigenvalue weighted by Crippen LogP contribution is 2.26. The van der Waals surface area contributed by atoms with Crippen LogP contribution < -0.4 is 5.73 Å². The lowest BCUT2D eigenvalue weighted by molar-refractivity contribution is 0.00525. The van der Waals surface area contributed by atoms with Crippen LogP contribution in [-0.4, -0.2) is 43.2 Å². The van der Waals surface area contributed by atoms with Crippen molar-refractivity contribution >= 4 is 5.96 Å². The van der Waals surface area contributed by atoms with E-state index in [0.717, 1.165) is 32.2 Å². The van der Waals surface area contributed by atoms with Crippen molar-refractivity contribution in [3.63, 3.8) is 0 Å². The summed E-state index contributed by atoms with van der Waals surface area (Å²) in [6.45, 7) is 5.51. The Hall–Kier alpha value is -0.770. The van der Waals surface area contributed by atoms with Gasteiger partial charge in [-0.2, -0.15) is 0 Å². The minimum Gasteiger partial charge on any atom is -0.375 e. The zero-order chi connectivity index (χ0) is 10.7. The molecule has 0 aromatic heterocycles. The van der Waals surface area contributed by atoms with Gasteiger partial charge in [0, 0.05) is 19.6 Å². The first kappa shape index (κ1) is 10.7. The molecule has 0 aromatic carbocycles. The Morgan fingerprint density at radius 1 is 1.53 bits per heavy atom. The molecule has 86 valence electrons. The molecule has 1 aliphatic carbocycles. The Kier molecular flexibility index (Phi) is 3.46. The maximum absolute atomic E-state index is 5.96. The summed E-state index contributed by atoms with van der Waals surface area (Å²) in [7, 11) is 0. The molecule has 1 aliphatic heterocycles. The molecule has 2 fully saturated rings. The quantitative estimate of drug-likeness (QED) is 0.543. The van der Waals surface area contributed by atoms with Gasteiger partial charge in [0.1, 0.15) is 0 Å². The fourth-order valence-electron chi connectivity index (χ4n) is 2.02. The summed E-state index contributed by atoms with van der Waals surface area (Å²) in [6, 6.07) is 0. The van der Waals surface area contributed by atoms with Gasteiger partial charge in [0.25, 0.3) is 0 Å². The topological polar surface area (TPSA) is 50.8 Å². The van der Waals surface area contributed by atoms with Gasteiger partial charge in [-0.05, 0) is 25.7 Å². The van der Waals surface area contributed by atoms with Crippen LogP contribution in [0.4, 0.5) is 0 Å². The second kappa shape index (κ2) is 4.84. The SMILES string of the molecule is CC1CN(C(N)=NCC2CCC2)CCO1. The molecule has 0 amide bonds. The van der Waals surface area contributed by atoms with E-state index in [9.17, 15) is 0 Å². The number of guanidine groups is 1. The molecule has 1 unspecified atom stereocenters. The van der Waals surface area contributed by atoms with Crippen molar-refractivity contribution in [1.82, 2.24) is 4.90 Å². The Labute approximate surface area is 91.5 Å². The monoisotopic (exact) mass is 211 g/mol. The fraction of sp³-hybridized carbons (Fsp3) is 0.909. The third-order valence-electron chi connectivity index (χ3n) is 3.30. The van der Waals surface area contributed by atoms with Gasteiger partial charge in [-0.1, -0.05) is 6.42 Å². The molecule has 1 saturated carbocycles. The third kappa shape index (κ3) is 2.84. The second-order valence-corrected chi connectivity index (χ2v) is 4.62. The highest BCUT2D eigenvalue weighted by Gasteiger charge is 2.20. The van der Waals surface area contributed by atoms with E-state index >= 15 is 0 Å². The number of aliphatic imine (C=N–C) groups is 1. The predicted octanol–water partition coefficient (Wildman–Crippen LogP) is 0.822. The number of ether oxygens (including phenoxy) is 1. The lowest BCUT2D eigenvalue weighted by Gasteiger charge is -2.32. The Balaban J connectivity index is 1.79. The molecule has 4 heteroatoms. The highest BCUT2D eigenvalue weighted by molar-refractivity contribution is 5.78. The second-order valence-electron chi connectivity index (χ2n) is 4.62. The van der Waals surface area contributed by atoms with E-state index in [1.54, 1.807) is 0 Å². The van der Waals surface area contributed by atoms with Crippen LogP contribution in [0.25, 0.3) is 0 Å². The van der Waals surface area contributed by atoms with Gasteiger partial charge in [0.15, 0.2) is 5.96 Å². The fourth-order valence-corrected chi connectivity index (χ4v) is 2.02. The first-order chi connectivity index (χ1) is 7.25. The average Bonchev–Trinajstić information content (AvgIpc) is 2.15. The number of hydrogen-bond acceptors (Lipinski definition) is 2. The Morgan fingerprint density at radius 3 is 2.93 bits per heavy atom. The van der Waals surface area contributed by atoms with Crippen LogP contribution in [0.3, 0.4) is 0 Å². The Morgan fingerprint density at radius 2 is 2.33 bits per heavy atom. The molecule has 2 rings (SSSR count). The zero-order valence-corrected chi connectivity index (χ0v) is 9.48. The molecule has 0 bridgehead atoms. The smallest absolute Gasteiger partial charge is 0.191 e. The van der Waals surface area contributed by atoms with Crippen LogP contribution in [-0.2, 0) is 4.74 Å². The standard InChI is InChI=1S/C11H21N3O/c1-9-8-14(5-6-15-9)11(12)13-7-10-3-2-4-10/h9-10H,2-8H2,1H3,(H2,12,13). The lowest BCUT2D eigenvalue weighted by Crippen LogP contribution is -2.48. The van der Waals surface area contributed by atoms with Crippen LogP contribution in [0, 0.1) is 5.92 Å². The number of rotatable bonds is 2. The van der Waals surface area contributed by atoms with Crippen molar-refractivity contribution in [2.75, 3.05) is 26.2 Å². The predicted molar refractivity (Wildman–Crippen MR) is 60.8 cm³/mol. The molecule has 2 N–H and O–H groups in total. The largest absolute Gasteiger partial charge is 0.375 e. The summed E-state index contributed by atoms with van der Waals surface area (Å²) >= 11 is 0. The molecule has 0 radical (unpaired) electrons. The molecule has 0 spiro atoms. The van der Waals surface area contributed by atoms with E-state index in [0.29, 0.717) is 5.96 Å². The van der Waals surface area contributed by atoms with Crippen molar-refractivity contribution in [3.8, 4) is 0 Å². The van der Waals surface area contributed by atoms with Crippen LogP contribution >= 0.6 is 0 Å². The van der Waals surface area contributed by atoms with E-state index in [-0.39, 0.29) is 6.10 Å². The van der Waals surface area contributed by atoms with Crippen LogP contribution in [0.2, 0.25) is 0 Å². The first-order valence-corrected chi connectivity index (χ1v) is 5.92. The summed E-state index contributed by atoms with van der Waals surface area (Å²) in [5.74, 6) is 1.50. The molecule has 1 atom stereocenters. The number of hydrogen-bond donors (Lipinski definition) is 1. The van der Waals surface area contributed by atoms with E-state index < -0.39 is 0 Å². The molecular weight excluding hydrogens is 190 g/mol. The third-order valence-corrected chi connectivity index (χ3v) is 3.30. The van der Waals surface area contributed by atoms with Crippen LogP contribution in [0.1, 0.15) is 26.2 Å². The maximum atomic E-state index is 5.96. The van der Waals surface area contributed by atoms with Gasteiger partial charge in [-0.15, -0.1) is 0 Å². The highest BCUT2D eigenvalue weighted by atomic mass is 16.5. The van der Waals surface area contributed by atoms with E-state index in [4.69, 9.17) is 10.5 Å². The molecule has 15 heavy (non-hydrogen) atoms. The van der Waals surface area contributed by atoms with Gasteiger partial charge in [0.2, 0.25) is 0 Å². The minimum atomic E-state index is 0.274. The molecule has 4 nitrogen and oxygen atoms in total. The van der Waals surface area contributed by atoms with Crippen molar-refractivity contribution in [3.05, 3.63) is 0 Å². The van der Waals surface area contributed by atoms with Crippen LogP contribution in [0.5, 0.6) is 0 Å². The number of nitrogens with zero attached hydrogens (tertiary/aromatic N) is 2. The van der Waals surface area contributed by atoms with Gasteiger partial charge in [-0.25, -0.2) is 0 Å². The van der Waals surface area contributed by atoms with E-state index in [1.165, 1.54) is 19.3 Å². The summed E-state index contributed by atoms with van der Waals surface area (Å²) in [6.07, 6.45) is 4.30. The zero-order valence-electron chi connectivity index (χ0n) is 9.48. The van der Waals surface area contributed by atoms with Crippen molar-refractivity contribution in [1.29, 1.82) is 0 Å². The summed E-state index contributed by atoms with van der Waals surface area (Å²) in [4.78, 5) is 6.60. The summed E-state index contributed by atoms with van der Waals surface area (Å²) < 4.78 is 5.46. The van der Waals surface area contributed by atoms with Gasteiger partial charge < -0.3 is 15.4 Å². The van der Waals surface area contributed by atoms with Gasteiger partial charge in [-0.3, -0.25) is 4.99 Å². The molecular formula is C11H21N3O. The molecule has 0 aromatic rings. The van der Waals surface area contributed by atoms with Crippen molar-refractivity contribution in [2.24, 2.45) is 16.6 Å². The average molecular weight is 211 g/mol. The minimum absolute atomic E-state index is 0.274. The lowest BCUT2D eigenvalue weighted by atomic mass is 9.86. The first-order valence-electron chi connectivity index (χ1n) is 5.92. The molecule has 1 heterocycles. The normalized spacial score (nSPS) is 29.0. The maximum Gasteiger partial charge on any atom is 0.191 e. The number of nitrogens with two attached hydrogens (primary N) is 1. The van der Waals surface area contributed by atoms with Crippen molar-refractivity contribution < 1.29 is 4.74 Å². The van der Waals surface area contributed by atoms with Crippen LogP contribution in [0.15, 0.2) is 4.99 Å². The molecule has 1 saturated heterocycles. The van der Waals surface area contributed by atoms with E-state index in [2.05, 4.69) is 16.8 Å². The van der Waals surface area contributed by atoms with E-state index in [1.807, 2.05) is 0 Å². The van der Waals surface area contributed by atoms with Gasteiger partial charge in [0.05, 0.1) is 12.7 Å². The summed E-state index contributed by atoms with van der Waals surface area (Å²) in [5.41, 5.74) is 5.96. The number of morpholine rings is 1. The Bertz CT molecular complexity index is 238. The summed E-state index contributed by atoms with van der Waals surface area (Å²) in [5, 5.41) is 0.